The summed E-state index contributed by atoms with van der Waals surface area (Å²) in [5.41, 5.74) is 2.99. The average Bonchev–Trinajstić information content (AvgIpc) is 3.13. The average molecular weight is 307 g/mol. The first kappa shape index (κ1) is 15.5. The Balaban J connectivity index is 1.78. The Morgan fingerprint density at radius 1 is 1.04 bits per heavy atom. The highest BCUT2D eigenvalue weighted by Crippen LogP contribution is 2.22. The summed E-state index contributed by atoms with van der Waals surface area (Å²) in [5.74, 6) is -0.0804. The van der Waals surface area contributed by atoms with Crippen molar-refractivity contribution in [3.8, 4) is 0 Å². The third kappa shape index (κ3) is 4.30. The molecule has 0 spiro atoms. The number of carbonyl (C=O) groups excluding carboxylic acids is 1. The number of nitrogens with one attached hydrogen (secondary N) is 1. The van der Waals surface area contributed by atoms with Gasteiger partial charge in [0.2, 0.25) is 5.91 Å². The molecular formula is C20H21NO2. The van der Waals surface area contributed by atoms with Crippen LogP contribution in [0.15, 0.2) is 66.7 Å². The van der Waals surface area contributed by atoms with E-state index in [1.54, 1.807) is 6.08 Å². The molecule has 1 heterocycles. The summed E-state index contributed by atoms with van der Waals surface area (Å²) >= 11 is 0. The van der Waals surface area contributed by atoms with Crippen molar-refractivity contribution in [3.63, 3.8) is 0 Å². The van der Waals surface area contributed by atoms with Crippen molar-refractivity contribution in [3.05, 3.63) is 77.9 Å². The Kier molecular flexibility index (Phi) is 5.22. The van der Waals surface area contributed by atoms with Crippen LogP contribution in [0.25, 0.3) is 5.57 Å². The third-order valence-corrected chi connectivity index (χ3v) is 3.97. The lowest BCUT2D eigenvalue weighted by Crippen LogP contribution is -2.30. The van der Waals surface area contributed by atoms with Crippen molar-refractivity contribution in [1.82, 2.24) is 5.32 Å². The molecule has 3 nitrogen and oxygen atoms in total. The summed E-state index contributed by atoms with van der Waals surface area (Å²) in [6.45, 7) is 1.38. The van der Waals surface area contributed by atoms with Gasteiger partial charge in [-0.15, -0.1) is 0 Å². The van der Waals surface area contributed by atoms with Gasteiger partial charge in [-0.25, -0.2) is 0 Å². The van der Waals surface area contributed by atoms with E-state index in [1.165, 1.54) is 0 Å². The first-order valence-corrected chi connectivity index (χ1v) is 8.05. The standard InChI is InChI=1S/C20H21NO2/c22-20(21-15-18-12-7-13-23-18)14-19(16-8-3-1-4-9-16)17-10-5-2-6-11-17/h1-6,8-11,14,18H,7,12-13,15H2,(H,21,22). The van der Waals surface area contributed by atoms with Crippen molar-refractivity contribution >= 4 is 11.5 Å². The zero-order valence-corrected chi connectivity index (χ0v) is 13.1. The molecule has 0 aliphatic carbocycles. The predicted octanol–water partition coefficient (Wildman–Crippen LogP) is 3.41. The van der Waals surface area contributed by atoms with E-state index >= 15 is 0 Å². The number of rotatable bonds is 5. The molecule has 2 aromatic carbocycles. The smallest absolute Gasteiger partial charge is 0.244 e. The number of ether oxygens (including phenoxy) is 1. The first-order valence-electron chi connectivity index (χ1n) is 8.05. The van der Waals surface area contributed by atoms with E-state index in [0.717, 1.165) is 36.1 Å². The molecular weight excluding hydrogens is 286 g/mol. The zero-order chi connectivity index (χ0) is 15.9. The predicted molar refractivity (Wildman–Crippen MR) is 91.9 cm³/mol. The van der Waals surface area contributed by atoms with Gasteiger partial charge in [0.15, 0.2) is 0 Å². The molecule has 1 aliphatic heterocycles. The van der Waals surface area contributed by atoms with Gasteiger partial charge in [0.1, 0.15) is 0 Å². The van der Waals surface area contributed by atoms with Crippen LogP contribution in [0.4, 0.5) is 0 Å². The van der Waals surface area contributed by atoms with Crippen molar-refractivity contribution in [2.24, 2.45) is 0 Å². The number of hydrogen-bond acceptors (Lipinski definition) is 2. The van der Waals surface area contributed by atoms with Crippen molar-refractivity contribution < 1.29 is 9.53 Å². The lowest BCUT2D eigenvalue weighted by Gasteiger charge is -2.11. The van der Waals surface area contributed by atoms with Gasteiger partial charge in [0.05, 0.1) is 6.10 Å². The van der Waals surface area contributed by atoms with Gasteiger partial charge >= 0.3 is 0 Å². The van der Waals surface area contributed by atoms with Gasteiger partial charge in [-0.3, -0.25) is 4.79 Å². The van der Waals surface area contributed by atoms with Gasteiger partial charge in [-0.05, 0) is 29.5 Å². The second-order valence-corrected chi connectivity index (χ2v) is 5.67. The second kappa shape index (κ2) is 7.75. The van der Waals surface area contributed by atoms with Gasteiger partial charge in [-0.1, -0.05) is 60.7 Å². The molecule has 1 fully saturated rings. The molecule has 23 heavy (non-hydrogen) atoms. The molecule has 118 valence electrons. The fourth-order valence-corrected chi connectivity index (χ4v) is 2.77. The van der Waals surface area contributed by atoms with Crippen LogP contribution in [-0.2, 0) is 9.53 Å². The molecule has 1 atom stereocenters. The molecule has 0 saturated carbocycles. The van der Waals surface area contributed by atoms with E-state index in [9.17, 15) is 4.79 Å². The van der Waals surface area contributed by atoms with Crippen LogP contribution < -0.4 is 5.32 Å². The lowest BCUT2D eigenvalue weighted by atomic mass is 9.97. The van der Waals surface area contributed by atoms with Crippen LogP contribution in [0.1, 0.15) is 24.0 Å². The molecule has 0 bridgehead atoms. The Hall–Kier alpha value is -2.39. The maximum Gasteiger partial charge on any atom is 0.244 e. The van der Waals surface area contributed by atoms with Gasteiger partial charge < -0.3 is 10.1 Å². The van der Waals surface area contributed by atoms with E-state index in [1.807, 2.05) is 60.7 Å². The van der Waals surface area contributed by atoms with Crippen LogP contribution in [0, 0.1) is 0 Å². The van der Waals surface area contributed by atoms with Crippen LogP contribution in [0.3, 0.4) is 0 Å². The Bertz CT molecular complexity index is 617. The van der Waals surface area contributed by atoms with Crippen molar-refractivity contribution in [1.29, 1.82) is 0 Å². The van der Waals surface area contributed by atoms with Crippen molar-refractivity contribution in [2.75, 3.05) is 13.2 Å². The molecule has 3 heteroatoms. The fourth-order valence-electron chi connectivity index (χ4n) is 2.77. The maximum atomic E-state index is 12.3. The van der Waals surface area contributed by atoms with E-state index in [0.29, 0.717) is 6.54 Å². The minimum absolute atomic E-state index is 0.0804. The van der Waals surface area contributed by atoms with Crippen molar-refractivity contribution in [2.45, 2.75) is 18.9 Å². The van der Waals surface area contributed by atoms with Gasteiger partial charge in [0, 0.05) is 19.2 Å². The molecule has 0 radical (unpaired) electrons. The SMILES string of the molecule is O=C(C=C(c1ccccc1)c1ccccc1)NCC1CCCO1. The molecule has 1 aliphatic rings. The minimum atomic E-state index is -0.0804. The molecule has 0 aromatic heterocycles. The third-order valence-electron chi connectivity index (χ3n) is 3.97. The van der Waals surface area contributed by atoms with Crippen LogP contribution in [-0.4, -0.2) is 25.2 Å². The Morgan fingerprint density at radius 2 is 1.65 bits per heavy atom. The number of carbonyl (C=O) groups is 1. The summed E-state index contributed by atoms with van der Waals surface area (Å²) < 4.78 is 5.54. The van der Waals surface area contributed by atoms with E-state index in [-0.39, 0.29) is 12.0 Å². The highest BCUT2D eigenvalue weighted by Gasteiger charge is 2.16. The fraction of sp³-hybridized carbons (Fsp3) is 0.250. The van der Waals surface area contributed by atoms with Crippen LogP contribution >= 0.6 is 0 Å². The first-order chi connectivity index (χ1) is 11.3. The quantitative estimate of drug-likeness (QED) is 0.860. The van der Waals surface area contributed by atoms with Gasteiger partial charge in [0.25, 0.3) is 0 Å². The molecule has 1 N–H and O–H groups in total. The molecule has 3 rings (SSSR count). The monoisotopic (exact) mass is 307 g/mol. The lowest BCUT2D eigenvalue weighted by molar-refractivity contribution is -0.116. The summed E-state index contributed by atoms with van der Waals surface area (Å²) in [4.78, 5) is 12.3. The maximum absolute atomic E-state index is 12.3. The second-order valence-electron chi connectivity index (χ2n) is 5.67. The molecule has 1 saturated heterocycles. The highest BCUT2D eigenvalue weighted by molar-refractivity contribution is 5.99. The summed E-state index contributed by atoms with van der Waals surface area (Å²) in [6.07, 6.45) is 3.94. The highest BCUT2D eigenvalue weighted by atomic mass is 16.5. The number of amides is 1. The molecule has 2 aromatic rings. The normalized spacial score (nSPS) is 16.8. The summed E-state index contributed by atoms with van der Waals surface area (Å²) in [7, 11) is 0. The van der Waals surface area contributed by atoms with Crippen LogP contribution in [0.5, 0.6) is 0 Å². The molecule has 1 unspecified atom stereocenters. The van der Waals surface area contributed by atoms with E-state index in [2.05, 4.69) is 5.32 Å². The largest absolute Gasteiger partial charge is 0.376 e. The summed E-state index contributed by atoms with van der Waals surface area (Å²) in [5, 5.41) is 2.95. The van der Waals surface area contributed by atoms with E-state index < -0.39 is 0 Å². The Morgan fingerprint density at radius 3 is 2.17 bits per heavy atom. The molecule has 1 amide bonds. The van der Waals surface area contributed by atoms with Gasteiger partial charge in [-0.2, -0.15) is 0 Å². The summed E-state index contributed by atoms with van der Waals surface area (Å²) in [6, 6.07) is 20.0. The van der Waals surface area contributed by atoms with Crippen LogP contribution in [0.2, 0.25) is 0 Å². The van der Waals surface area contributed by atoms with E-state index in [4.69, 9.17) is 4.74 Å². The minimum Gasteiger partial charge on any atom is -0.376 e. The Labute approximate surface area is 137 Å². The zero-order valence-electron chi connectivity index (χ0n) is 13.1. The number of benzene rings is 2. The number of hydrogen-bond donors (Lipinski definition) is 1. The topological polar surface area (TPSA) is 38.3 Å².